The van der Waals surface area contributed by atoms with Crippen molar-refractivity contribution < 1.29 is 18.7 Å². The van der Waals surface area contributed by atoms with Crippen LogP contribution in [-0.4, -0.2) is 41.7 Å². The second kappa shape index (κ2) is 9.54. The van der Waals surface area contributed by atoms with Crippen LogP contribution < -0.4 is 0 Å². The first-order chi connectivity index (χ1) is 14.1. The predicted molar refractivity (Wildman–Crippen MR) is 116 cm³/mol. The summed E-state index contributed by atoms with van der Waals surface area (Å²) >= 11 is 0. The van der Waals surface area contributed by atoms with Gasteiger partial charge in [0.1, 0.15) is 5.82 Å². The summed E-state index contributed by atoms with van der Waals surface area (Å²) < 4.78 is 18.9. The maximum Gasteiger partial charge on any atom is 0.210 e. The van der Waals surface area contributed by atoms with Gasteiger partial charge in [-0.15, -0.1) is 12.4 Å². The molecule has 1 spiro atoms. The zero-order valence-corrected chi connectivity index (χ0v) is 17.5. The molecule has 158 valence electrons. The van der Waals surface area contributed by atoms with Crippen molar-refractivity contribution >= 4 is 29.5 Å². The van der Waals surface area contributed by atoms with Crippen molar-refractivity contribution in [2.24, 2.45) is 0 Å². The van der Waals surface area contributed by atoms with Gasteiger partial charge in [0, 0.05) is 37.9 Å². The molecule has 1 saturated heterocycles. The van der Waals surface area contributed by atoms with Gasteiger partial charge in [0.15, 0.2) is 11.4 Å². The third kappa shape index (κ3) is 4.63. The van der Waals surface area contributed by atoms with Crippen LogP contribution >= 0.6 is 12.4 Å². The Hall–Kier alpha value is -2.50. The van der Waals surface area contributed by atoms with E-state index in [1.54, 1.807) is 6.26 Å². The highest BCUT2D eigenvalue weighted by Crippen LogP contribution is 2.38. The lowest BCUT2D eigenvalue weighted by molar-refractivity contribution is -0.133. The third-order valence-corrected chi connectivity index (χ3v) is 5.85. The molecule has 0 radical (unpaired) electrons. The van der Waals surface area contributed by atoms with E-state index in [2.05, 4.69) is 4.90 Å². The molecule has 2 aromatic rings. The largest absolute Gasteiger partial charge is 0.486 e. The Balaban J connectivity index is 0.00000256. The Morgan fingerprint density at radius 2 is 1.70 bits per heavy atom. The fourth-order valence-electron chi connectivity index (χ4n) is 4.07. The first-order valence-corrected chi connectivity index (χ1v) is 10.1. The Labute approximate surface area is 182 Å². The van der Waals surface area contributed by atoms with E-state index < -0.39 is 5.60 Å². The van der Waals surface area contributed by atoms with Crippen LogP contribution in [0.1, 0.15) is 41.6 Å². The molecule has 1 fully saturated rings. The highest BCUT2D eigenvalue weighted by Gasteiger charge is 2.47. The molecule has 2 heterocycles. The van der Waals surface area contributed by atoms with Gasteiger partial charge in [-0.25, -0.2) is 4.39 Å². The number of carbonyl (C=O) groups is 2. The minimum Gasteiger partial charge on any atom is -0.486 e. The van der Waals surface area contributed by atoms with E-state index in [1.807, 2.05) is 30.3 Å². The fraction of sp³-hybridized carbons (Fsp3) is 0.333. The fourth-order valence-corrected chi connectivity index (χ4v) is 4.07. The summed E-state index contributed by atoms with van der Waals surface area (Å²) in [7, 11) is 0. The predicted octanol–water partition coefficient (Wildman–Crippen LogP) is 4.69. The molecule has 0 atom stereocenters. The number of piperidine rings is 1. The minimum atomic E-state index is -0.731. The molecule has 2 aliphatic rings. The number of hydrogen-bond acceptors (Lipinski definition) is 4. The van der Waals surface area contributed by atoms with Gasteiger partial charge in [-0.2, -0.15) is 0 Å². The molecule has 2 aliphatic heterocycles. The normalized spacial score (nSPS) is 17.9. The first kappa shape index (κ1) is 22.2. The molecular formula is C24H25ClFNO3. The molecule has 0 amide bonds. The van der Waals surface area contributed by atoms with E-state index in [0.29, 0.717) is 30.4 Å². The highest BCUT2D eigenvalue weighted by atomic mass is 35.5. The molecule has 30 heavy (non-hydrogen) atoms. The maximum absolute atomic E-state index is 13.0. The molecule has 0 N–H and O–H groups in total. The number of halogens is 2. The molecule has 0 aromatic heterocycles. The number of ether oxygens (including phenoxy) is 1. The van der Waals surface area contributed by atoms with Crippen molar-refractivity contribution in [3.05, 3.63) is 77.8 Å². The summed E-state index contributed by atoms with van der Waals surface area (Å²) in [4.78, 5) is 27.5. The number of benzene rings is 2. The molecule has 0 unspecified atom stereocenters. The van der Waals surface area contributed by atoms with E-state index in [0.717, 1.165) is 31.6 Å². The lowest BCUT2D eigenvalue weighted by atomic mass is 9.84. The summed E-state index contributed by atoms with van der Waals surface area (Å²) in [5, 5.41) is 0. The lowest BCUT2D eigenvalue weighted by Crippen LogP contribution is -2.48. The van der Waals surface area contributed by atoms with E-state index >= 15 is 0 Å². The van der Waals surface area contributed by atoms with Crippen LogP contribution in [0.2, 0.25) is 0 Å². The Bertz CT molecular complexity index is 919. The van der Waals surface area contributed by atoms with Crippen LogP contribution in [0.25, 0.3) is 5.57 Å². The van der Waals surface area contributed by atoms with Gasteiger partial charge in [-0.05, 0) is 42.8 Å². The summed E-state index contributed by atoms with van der Waals surface area (Å²) in [6.07, 6.45) is 4.11. The molecule has 6 heteroatoms. The monoisotopic (exact) mass is 429 g/mol. The van der Waals surface area contributed by atoms with Gasteiger partial charge in [0.05, 0.1) is 11.8 Å². The van der Waals surface area contributed by atoms with Crippen molar-refractivity contribution in [1.29, 1.82) is 0 Å². The number of likely N-dealkylation sites (tertiary alicyclic amines) is 1. The molecule has 0 bridgehead atoms. The van der Waals surface area contributed by atoms with Gasteiger partial charge >= 0.3 is 0 Å². The van der Waals surface area contributed by atoms with Gasteiger partial charge in [0.2, 0.25) is 5.78 Å². The van der Waals surface area contributed by atoms with E-state index in [9.17, 15) is 14.0 Å². The average Bonchev–Trinajstić information content (AvgIpc) is 3.06. The van der Waals surface area contributed by atoms with Crippen molar-refractivity contribution in [3.8, 4) is 0 Å². The summed E-state index contributed by atoms with van der Waals surface area (Å²) in [5.74, 6) is -0.225. The molecule has 4 nitrogen and oxygen atoms in total. The topological polar surface area (TPSA) is 46.6 Å². The quantitative estimate of drug-likeness (QED) is 0.625. The van der Waals surface area contributed by atoms with Crippen LogP contribution in [-0.2, 0) is 9.53 Å². The van der Waals surface area contributed by atoms with Gasteiger partial charge in [-0.3, -0.25) is 9.59 Å². The van der Waals surface area contributed by atoms with Crippen molar-refractivity contribution in [1.82, 2.24) is 4.90 Å². The van der Waals surface area contributed by atoms with Crippen LogP contribution in [0.5, 0.6) is 0 Å². The average molecular weight is 430 g/mol. The minimum absolute atomic E-state index is 0. The van der Waals surface area contributed by atoms with E-state index in [-0.39, 0.29) is 29.8 Å². The second-order valence-corrected chi connectivity index (χ2v) is 7.71. The number of nitrogens with zero attached hydrogens (tertiary/aromatic N) is 1. The molecule has 0 aliphatic carbocycles. The van der Waals surface area contributed by atoms with Crippen LogP contribution in [0.3, 0.4) is 0 Å². The third-order valence-electron chi connectivity index (χ3n) is 5.85. The smallest absolute Gasteiger partial charge is 0.210 e. The number of carbonyl (C=O) groups excluding carboxylic acids is 2. The number of ketones is 2. The lowest BCUT2D eigenvalue weighted by Gasteiger charge is -2.37. The standard InChI is InChI=1S/C24H24FNO3.ClH/c25-20-10-8-19(9-11-20)22(27)7-4-14-26-15-12-24(13-16-26)23(28)21(17-29-24)18-5-2-1-3-6-18;/h1-3,5-6,8-11,17H,4,7,12-16H2;1H. The number of rotatable bonds is 6. The molecular weight excluding hydrogens is 405 g/mol. The molecule has 2 aromatic carbocycles. The molecule has 0 saturated carbocycles. The Morgan fingerprint density at radius 1 is 1.03 bits per heavy atom. The Kier molecular flexibility index (Phi) is 7.06. The van der Waals surface area contributed by atoms with Gasteiger partial charge in [-0.1, -0.05) is 30.3 Å². The van der Waals surface area contributed by atoms with Crippen molar-refractivity contribution in [3.63, 3.8) is 0 Å². The molecule has 4 rings (SSSR count). The SMILES string of the molecule is Cl.O=C(CCCN1CCC2(CC1)OC=C(c1ccccc1)C2=O)c1ccc(F)cc1. The van der Waals surface area contributed by atoms with Crippen molar-refractivity contribution in [2.45, 2.75) is 31.3 Å². The summed E-state index contributed by atoms with van der Waals surface area (Å²) in [5.41, 5.74) is 1.37. The highest BCUT2D eigenvalue weighted by molar-refractivity contribution is 6.26. The summed E-state index contributed by atoms with van der Waals surface area (Å²) in [6.45, 7) is 2.34. The van der Waals surface area contributed by atoms with Crippen LogP contribution in [0.15, 0.2) is 60.9 Å². The number of Topliss-reactive ketones (excluding diaryl/α,β-unsaturated/α-hetero) is 2. The number of hydrogen-bond donors (Lipinski definition) is 0. The first-order valence-electron chi connectivity index (χ1n) is 10.1. The Morgan fingerprint density at radius 3 is 2.37 bits per heavy atom. The second-order valence-electron chi connectivity index (χ2n) is 7.71. The van der Waals surface area contributed by atoms with Gasteiger partial charge < -0.3 is 9.64 Å². The van der Waals surface area contributed by atoms with E-state index in [1.165, 1.54) is 24.3 Å². The summed E-state index contributed by atoms with van der Waals surface area (Å²) in [6, 6.07) is 15.3. The van der Waals surface area contributed by atoms with E-state index in [4.69, 9.17) is 4.74 Å². The van der Waals surface area contributed by atoms with Crippen molar-refractivity contribution in [2.75, 3.05) is 19.6 Å². The zero-order valence-electron chi connectivity index (χ0n) is 16.7. The maximum atomic E-state index is 13.0. The van der Waals surface area contributed by atoms with Crippen LogP contribution in [0, 0.1) is 5.82 Å². The zero-order chi connectivity index (χ0) is 20.3. The van der Waals surface area contributed by atoms with Crippen LogP contribution in [0.4, 0.5) is 4.39 Å². The van der Waals surface area contributed by atoms with Gasteiger partial charge in [0.25, 0.3) is 0 Å².